The predicted molar refractivity (Wildman–Crippen MR) is 94.2 cm³/mol. The van der Waals surface area contributed by atoms with Gasteiger partial charge in [-0.1, -0.05) is 0 Å². The van der Waals surface area contributed by atoms with Crippen molar-refractivity contribution in [2.75, 3.05) is 6.61 Å². The molecule has 25 heavy (non-hydrogen) atoms. The van der Waals surface area contributed by atoms with E-state index in [9.17, 15) is 0 Å². The average Bonchev–Trinajstić information content (AvgIpc) is 3.19. The number of nitrogens with one attached hydrogen (secondary N) is 1. The summed E-state index contributed by atoms with van der Waals surface area (Å²) < 4.78 is 10.1. The van der Waals surface area contributed by atoms with Crippen LogP contribution in [0.3, 0.4) is 0 Å². The summed E-state index contributed by atoms with van der Waals surface area (Å²) in [5.74, 6) is 0.772. The Bertz CT molecular complexity index is 883. The molecule has 4 heterocycles. The highest BCUT2D eigenvalue weighted by Crippen LogP contribution is 2.27. The van der Waals surface area contributed by atoms with Crippen LogP contribution in [0.2, 0.25) is 0 Å². The zero-order valence-electron chi connectivity index (χ0n) is 14.9. The van der Waals surface area contributed by atoms with Crippen molar-refractivity contribution < 1.29 is 4.74 Å². The van der Waals surface area contributed by atoms with Crippen LogP contribution >= 0.6 is 0 Å². The van der Waals surface area contributed by atoms with Gasteiger partial charge in [0.25, 0.3) is 0 Å². The van der Waals surface area contributed by atoms with E-state index in [1.54, 1.807) is 0 Å². The zero-order valence-corrected chi connectivity index (χ0v) is 14.9. The van der Waals surface area contributed by atoms with Crippen LogP contribution < -0.4 is 5.32 Å². The fourth-order valence-electron chi connectivity index (χ4n) is 3.64. The van der Waals surface area contributed by atoms with Crippen molar-refractivity contribution in [2.24, 2.45) is 7.05 Å². The highest BCUT2D eigenvalue weighted by atomic mass is 16.5. The number of hydrogen-bond acceptors (Lipinski definition) is 5. The largest absolute Gasteiger partial charge is 0.372 e. The number of fused-ring (bicyclic) bond motifs is 1. The van der Waals surface area contributed by atoms with Crippen LogP contribution in [0.25, 0.3) is 5.78 Å². The molecule has 1 aliphatic heterocycles. The van der Waals surface area contributed by atoms with E-state index < -0.39 is 0 Å². The van der Waals surface area contributed by atoms with Crippen LogP contribution in [-0.4, -0.2) is 36.6 Å². The van der Waals surface area contributed by atoms with Crippen LogP contribution in [0, 0.1) is 13.8 Å². The van der Waals surface area contributed by atoms with Gasteiger partial charge in [-0.15, -0.1) is 0 Å². The third-order valence-electron chi connectivity index (χ3n) is 4.90. The maximum absolute atomic E-state index is 5.94. The number of aromatic nitrogens is 5. The smallest absolute Gasteiger partial charge is 0.234 e. The third-order valence-corrected chi connectivity index (χ3v) is 4.90. The molecule has 7 heteroatoms. The molecular formula is C18H24N6O. The molecule has 2 atom stereocenters. The molecule has 1 saturated heterocycles. The van der Waals surface area contributed by atoms with Gasteiger partial charge in [0.2, 0.25) is 5.78 Å². The summed E-state index contributed by atoms with van der Waals surface area (Å²) in [5.41, 5.74) is 4.44. The first kappa shape index (κ1) is 16.2. The first-order valence-corrected chi connectivity index (χ1v) is 8.73. The number of imidazole rings is 2. The van der Waals surface area contributed by atoms with E-state index >= 15 is 0 Å². The number of nitrogens with zero attached hydrogens (tertiary/aromatic N) is 5. The molecule has 0 aliphatic carbocycles. The minimum atomic E-state index is 0.104. The lowest BCUT2D eigenvalue weighted by atomic mass is 10.0. The van der Waals surface area contributed by atoms with Gasteiger partial charge < -0.3 is 14.6 Å². The summed E-state index contributed by atoms with van der Waals surface area (Å²) in [7, 11) is 2.01. The zero-order chi connectivity index (χ0) is 17.4. The maximum Gasteiger partial charge on any atom is 0.234 e. The van der Waals surface area contributed by atoms with Gasteiger partial charge in [0.1, 0.15) is 6.10 Å². The summed E-state index contributed by atoms with van der Waals surface area (Å²) in [6.45, 7) is 5.63. The van der Waals surface area contributed by atoms with Crippen LogP contribution in [0.5, 0.6) is 0 Å². The SMILES string of the molecule is Cc1cc(C)n2c(CN[C@@H]3CCO[C@H](c4cncn4C)C3)cnc2n1. The maximum atomic E-state index is 5.94. The van der Waals surface area contributed by atoms with Gasteiger partial charge in [0, 0.05) is 37.6 Å². The molecular weight excluding hydrogens is 316 g/mol. The van der Waals surface area contributed by atoms with Crippen LogP contribution in [0.15, 0.2) is 24.8 Å². The molecule has 1 N–H and O–H groups in total. The average molecular weight is 340 g/mol. The van der Waals surface area contributed by atoms with Crippen molar-refractivity contribution in [3.8, 4) is 0 Å². The first-order chi connectivity index (χ1) is 12.1. The molecule has 3 aromatic heterocycles. The Kier molecular flexibility index (Phi) is 4.27. The molecule has 0 bridgehead atoms. The monoisotopic (exact) mass is 340 g/mol. The highest BCUT2D eigenvalue weighted by Gasteiger charge is 2.25. The number of ether oxygens (including phenoxy) is 1. The normalized spacial score (nSPS) is 21.1. The molecule has 3 aromatic rings. The molecule has 132 valence electrons. The number of aryl methyl sites for hydroxylation is 3. The summed E-state index contributed by atoms with van der Waals surface area (Å²) in [6, 6.07) is 2.50. The Balaban J connectivity index is 1.46. The molecule has 7 nitrogen and oxygen atoms in total. The lowest BCUT2D eigenvalue weighted by molar-refractivity contribution is -0.00410. The molecule has 0 aromatic carbocycles. The summed E-state index contributed by atoms with van der Waals surface area (Å²) in [5, 5.41) is 3.67. The van der Waals surface area contributed by atoms with E-state index in [0.29, 0.717) is 6.04 Å². The second kappa shape index (κ2) is 6.57. The molecule has 0 spiro atoms. The van der Waals surface area contributed by atoms with Crippen molar-refractivity contribution in [3.05, 3.63) is 47.6 Å². The summed E-state index contributed by atoms with van der Waals surface area (Å²) in [6.07, 6.45) is 7.71. The van der Waals surface area contributed by atoms with E-state index in [1.807, 2.05) is 37.3 Å². The summed E-state index contributed by atoms with van der Waals surface area (Å²) >= 11 is 0. The molecule has 1 fully saturated rings. The summed E-state index contributed by atoms with van der Waals surface area (Å²) in [4.78, 5) is 13.2. The molecule has 0 amide bonds. The van der Waals surface area contributed by atoms with E-state index in [0.717, 1.165) is 54.5 Å². The van der Waals surface area contributed by atoms with Crippen LogP contribution in [-0.2, 0) is 18.3 Å². The van der Waals surface area contributed by atoms with Gasteiger partial charge in [0.15, 0.2) is 0 Å². The molecule has 4 rings (SSSR count). The Labute approximate surface area is 147 Å². The predicted octanol–water partition coefficient (Wildman–Crippen LogP) is 2.09. The standard InChI is InChI=1S/C18H24N6O/c1-12-6-13(2)24-15(9-21-18(24)22-12)8-20-14-4-5-25-17(7-14)16-10-19-11-23(16)3/h6,9-11,14,17,20H,4-5,7-8H2,1-3H3/t14-,17+/m1/s1. The molecule has 0 saturated carbocycles. The van der Waals surface area contributed by atoms with Crippen LogP contribution in [0.4, 0.5) is 0 Å². The lowest BCUT2D eigenvalue weighted by Gasteiger charge is -2.30. The van der Waals surface area contributed by atoms with Gasteiger partial charge >= 0.3 is 0 Å². The van der Waals surface area contributed by atoms with Gasteiger partial charge in [-0.05, 0) is 32.8 Å². The van der Waals surface area contributed by atoms with Gasteiger partial charge in [-0.3, -0.25) is 4.40 Å². The first-order valence-electron chi connectivity index (χ1n) is 8.73. The molecule has 0 unspecified atom stereocenters. The minimum Gasteiger partial charge on any atom is -0.372 e. The Morgan fingerprint density at radius 1 is 1.32 bits per heavy atom. The Hall–Kier alpha value is -2.25. The van der Waals surface area contributed by atoms with E-state index in [2.05, 4.69) is 37.7 Å². The third kappa shape index (κ3) is 3.17. The van der Waals surface area contributed by atoms with E-state index in [-0.39, 0.29) is 6.10 Å². The number of hydrogen-bond donors (Lipinski definition) is 1. The van der Waals surface area contributed by atoms with Crippen molar-refractivity contribution >= 4 is 5.78 Å². The quantitative estimate of drug-likeness (QED) is 0.787. The topological polar surface area (TPSA) is 69.3 Å². The molecule has 1 aliphatic rings. The molecule has 0 radical (unpaired) electrons. The van der Waals surface area contributed by atoms with Gasteiger partial charge in [0.05, 0.1) is 30.1 Å². The van der Waals surface area contributed by atoms with Crippen LogP contribution in [0.1, 0.15) is 41.7 Å². The highest BCUT2D eigenvalue weighted by molar-refractivity contribution is 5.35. The van der Waals surface area contributed by atoms with Crippen molar-refractivity contribution in [3.63, 3.8) is 0 Å². The van der Waals surface area contributed by atoms with Gasteiger partial charge in [-0.2, -0.15) is 0 Å². The van der Waals surface area contributed by atoms with Crippen molar-refractivity contribution in [1.82, 2.24) is 29.2 Å². The lowest BCUT2D eigenvalue weighted by Crippen LogP contribution is -2.36. The van der Waals surface area contributed by atoms with E-state index in [4.69, 9.17) is 4.74 Å². The van der Waals surface area contributed by atoms with Crippen molar-refractivity contribution in [1.29, 1.82) is 0 Å². The van der Waals surface area contributed by atoms with Crippen molar-refractivity contribution in [2.45, 2.75) is 45.4 Å². The Morgan fingerprint density at radius 2 is 2.20 bits per heavy atom. The van der Waals surface area contributed by atoms with Gasteiger partial charge in [-0.25, -0.2) is 15.0 Å². The second-order valence-electron chi connectivity index (χ2n) is 6.81. The Morgan fingerprint density at radius 3 is 3.00 bits per heavy atom. The minimum absolute atomic E-state index is 0.104. The number of rotatable bonds is 4. The fraction of sp³-hybridized carbons (Fsp3) is 0.500. The van der Waals surface area contributed by atoms with E-state index in [1.165, 1.54) is 0 Å². The second-order valence-corrected chi connectivity index (χ2v) is 6.81. The fourth-order valence-corrected chi connectivity index (χ4v) is 3.64.